The summed E-state index contributed by atoms with van der Waals surface area (Å²) in [6, 6.07) is 0.446. The first-order valence-electron chi connectivity index (χ1n) is 3.80. The summed E-state index contributed by atoms with van der Waals surface area (Å²) in [5, 5.41) is 6.80. The zero-order chi connectivity index (χ0) is 8.43. The highest BCUT2D eigenvalue weighted by molar-refractivity contribution is 7.71. The van der Waals surface area contributed by atoms with Gasteiger partial charge in [0.1, 0.15) is 5.82 Å². The Labute approximate surface area is 71.4 Å². The zero-order valence-electron chi connectivity index (χ0n) is 7.09. The molecule has 0 aromatic carbocycles. The van der Waals surface area contributed by atoms with Crippen LogP contribution in [0.2, 0.25) is 0 Å². The van der Waals surface area contributed by atoms with Gasteiger partial charge in [-0.1, -0.05) is 6.92 Å². The number of aromatic amines is 1. The van der Waals surface area contributed by atoms with Crippen LogP contribution in [0.3, 0.4) is 0 Å². The van der Waals surface area contributed by atoms with Crippen molar-refractivity contribution in [2.45, 2.75) is 33.2 Å². The average Bonchev–Trinajstić information content (AvgIpc) is 2.30. The quantitative estimate of drug-likeness (QED) is 0.692. The Balaban J connectivity index is 3.10. The van der Waals surface area contributed by atoms with Crippen LogP contribution in [0.1, 0.15) is 32.1 Å². The molecule has 11 heavy (non-hydrogen) atoms. The predicted molar refractivity (Wildman–Crippen MR) is 47.2 cm³/mol. The van der Waals surface area contributed by atoms with E-state index >= 15 is 0 Å². The second kappa shape index (κ2) is 3.17. The number of hydrogen-bond donors (Lipinski definition) is 1. The maximum Gasteiger partial charge on any atom is 0.195 e. The van der Waals surface area contributed by atoms with Crippen molar-refractivity contribution in [1.29, 1.82) is 0 Å². The lowest BCUT2D eigenvalue weighted by molar-refractivity contribution is 0.512. The van der Waals surface area contributed by atoms with E-state index in [1.165, 1.54) is 0 Å². The number of H-pyrrole nitrogens is 1. The molecule has 3 nitrogen and oxygen atoms in total. The Bertz CT molecular complexity index is 286. The molecule has 62 valence electrons. The van der Waals surface area contributed by atoms with Crippen molar-refractivity contribution >= 4 is 12.2 Å². The van der Waals surface area contributed by atoms with Gasteiger partial charge < -0.3 is 4.57 Å². The number of hydrogen-bond acceptors (Lipinski definition) is 2. The van der Waals surface area contributed by atoms with Gasteiger partial charge in [-0.3, -0.25) is 5.10 Å². The van der Waals surface area contributed by atoms with E-state index in [0.717, 1.165) is 17.0 Å². The van der Waals surface area contributed by atoms with Crippen LogP contribution in [-0.2, 0) is 0 Å². The summed E-state index contributed by atoms with van der Waals surface area (Å²) in [4.78, 5) is 0. The highest BCUT2D eigenvalue weighted by Crippen LogP contribution is 2.11. The number of nitrogens with one attached hydrogen (secondary N) is 1. The van der Waals surface area contributed by atoms with Crippen molar-refractivity contribution in [2.24, 2.45) is 0 Å². The SMILES string of the molecule is CCC(C)n1c(C)n[nH]c1=S. The van der Waals surface area contributed by atoms with Gasteiger partial charge in [0.15, 0.2) is 4.77 Å². The first kappa shape index (κ1) is 8.46. The van der Waals surface area contributed by atoms with Crippen LogP contribution >= 0.6 is 12.2 Å². The van der Waals surface area contributed by atoms with Gasteiger partial charge in [0, 0.05) is 6.04 Å². The van der Waals surface area contributed by atoms with Gasteiger partial charge in [0.25, 0.3) is 0 Å². The first-order valence-corrected chi connectivity index (χ1v) is 4.21. The van der Waals surface area contributed by atoms with Crippen molar-refractivity contribution in [1.82, 2.24) is 14.8 Å². The Kier molecular flexibility index (Phi) is 2.44. The number of aromatic nitrogens is 3. The van der Waals surface area contributed by atoms with Crippen LogP contribution in [0.15, 0.2) is 0 Å². The molecule has 1 aromatic heterocycles. The van der Waals surface area contributed by atoms with Crippen molar-refractivity contribution < 1.29 is 0 Å². The Morgan fingerprint density at radius 2 is 2.36 bits per heavy atom. The molecule has 0 spiro atoms. The third kappa shape index (κ3) is 1.50. The van der Waals surface area contributed by atoms with Crippen LogP contribution in [-0.4, -0.2) is 14.8 Å². The van der Waals surface area contributed by atoms with Gasteiger partial charge in [0.2, 0.25) is 0 Å². The average molecular weight is 171 g/mol. The fourth-order valence-electron chi connectivity index (χ4n) is 1.09. The van der Waals surface area contributed by atoms with E-state index in [0.29, 0.717) is 6.04 Å². The predicted octanol–water partition coefficient (Wildman–Crippen LogP) is 2.22. The lowest BCUT2D eigenvalue weighted by Crippen LogP contribution is -2.05. The van der Waals surface area contributed by atoms with Gasteiger partial charge in [0.05, 0.1) is 0 Å². The monoisotopic (exact) mass is 171 g/mol. The van der Waals surface area contributed by atoms with Crippen molar-refractivity contribution in [3.05, 3.63) is 10.6 Å². The Hall–Kier alpha value is -0.640. The zero-order valence-corrected chi connectivity index (χ0v) is 7.90. The molecule has 1 N–H and O–H groups in total. The summed E-state index contributed by atoms with van der Waals surface area (Å²) in [5.74, 6) is 0.962. The highest BCUT2D eigenvalue weighted by Gasteiger charge is 2.06. The maximum absolute atomic E-state index is 5.06. The van der Waals surface area contributed by atoms with Crippen LogP contribution in [0.5, 0.6) is 0 Å². The van der Waals surface area contributed by atoms with E-state index in [1.54, 1.807) is 0 Å². The van der Waals surface area contributed by atoms with Crippen molar-refractivity contribution in [3.63, 3.8) is 0 Å². The smallest absolute Gasteiger partial charge is 0.195 e. The van der Waals surface area contributed by atoms with Gasteiger partial charge in [-0.2, -0.15) is 5.10 Å². The number of aryl methyl sites for hydroxylation is 1. The summed E-state index contributed by atoms with van der Waals surface area (Å²) >= 11 is 5.06. The molecule has 4 heteroatoms. The van der Waals surface area contributed by atoms with Crippen molar-refractivity contribution in [3.8, 4) is 0 Å². The summed E-state index contributed by atoms with van der Waals surface area (Å²) < 4.78 is 2.76. The molecule has 0 amide bonds. The minimum absolute atomic E-state index is 0.446. The topological polar surface area (TPSA) is 33.6 Å². The molecule has 0 saturated carbocycles. The van der Waals surface area contributed by atoms with Crippen LogP contribution in [0, 0.1) is 11.7 Å². The molecule has 0 aliphatic rings. The van der Waals surface area contributed by atoms with E-state index in [9.17, 15) is 0 Å². The molecule has 1 aromatic rings. The minimum Gasteiger partial charge on any atom is -0.302 e. The molecule has 0 saturated heterocycles. The molecule has 0 radical (unpaired) electrons. The Morgan fingerprint density at radius 1 is 1.73 bits per heavy atom. The molecular formula is C7H13N3S. The molecule has 1 heterocycles. The molecule has 0 aliphatic carbocycles. The molecule has 0 fully saturated rings. The second-order valence-corrected chi connectivity index (χ2v) is 3.09. The molecule has 1 rings (SSSR count). The third-order valence-electron chi connectivity index (χ3n) is 1.91. The summed E-state index contributed by atoms with van der Waals surface area (Å²) in [6.07, 6.45) is 1.08. The second-order valence-electron chi connectivity index (χ2n) is 2.70. The number of rotatable bonds is 2. The van der Waals surface area contributed by atoms with Gasteiger partial charge in [-0.05, 0) is 32.5 Å². The first-order chi connectivity index (χ1) is 5.16. The van der Waals surface area contributed by atoms with Gasteiger partial charge >= 0.3 is 0 Å². The standard InChI is InChI=1S/C7H13N3S/c1-4-5(2)10-6(3)8-9-7(10)11/h5H,4H2,1-3H3,(H,9,11). The van der Waals surface area contributed by atoms with Crippen LogP contribution in [0.4, 0.5) is 0 Å². The Morgan fingerprint density at radius 3 is 2.73 bits per heavy atom. The largest absolute Gasteiger partial charge is 0.302 e. The van der Waals surface area contributed by atoms with E-state index in [4.69, 9.17) is 12.2 Å². The fourth-order valence-corrected chi connectivity index (χ4v) is 1.44. The van der Waals surface area contributed by atoms with Gasteiger partial charge in [-0.15, -0.1) is 0 Å². The third-order valence-corrected chi connectivity index (χ3v) is 2.20. The summed E-state index contributed by atoms with van der Waals surface area (Å²) in [6.45, 7) is 6.23. The molecular weight excluding hydrogens is 158 g/mol. The van der Waals surface area contributed by atoms with E-state index in [-0.39, 0.29) is 0 Å². The summed E-state index contributed by atoms with van der Waals surface area (Å²) in [5.41, 5.74) is 0. The molecule has 0 bridgehead atoms. The number of nitrogens with zero attached hydrogens (tertiary/aromatic N) is 2. The maximum atomic E-state index is 5.06. The minimum atomic E-state index is 0.446. The van der Waals surface area contributed by atoms with Crippen LogP contribution in [0.25, 0.3) is 0 Å². The van der Waals surface area contributed by atoms with E-state index in [1.807, 2.05) is 11.5 Å². The van der Waals surface area contributed by atoms with Crippen molar-refractivity contribution in [2.75, 3.05) is 0 Å². The molecule has 0 aliphatic heterocycles. The fraction of sp³-hybridized carbons (Fsp3) is 0.714. The highest BCUT2D eigenvalue weighted by atomic mass is 32.1. The van der Waals surface area contributed by atoms with Crippen LogP contribution < -0.4 is 0 Å². The summed E-state index contributed by atoms with van der Waals surface area (Å²) in [7, 11) is 0. The lowest BCUT2D eigenvalue weighted by Gasteiger charge is -2.10. The normalized spacial score (nSPS) is 13.4. The van der Waals surface area contributed by atoms with E-state index in [2.05, 4.69) is 24.0 Å². The van der Waals surface area contributed by atoms with Gasteiger partial charge in [-0.25, -0.2) is 0 Å². The lowest BCUT2D eigenvalue weighted by atomic mass is 10.2. The molecule has 1 atom stereocenters. The molecule has 1 unspecified atom stereocenters. The van der Waals surface area contributed by atoms with E-state index < -0.39 is 0 Å².